The number of carboxylic acids is 1. The summed E-state index contributed by atoms with van der Waals surface area (Å²) in [6.45, 7) is 0. The maximum Gasteiger partial charge on any atom is 0.316 e. The molecule has 0 aliphatic carbocycles. The van der Waals surface area contributed by atoms with Crippen molar-refractivity contribution in [3.05, 3.63) is 18.0 Å². The first kappa shape index (κ1) is 13.9. The van der Waals surface area contributed by atoms with Crippen molar-refractivity contribution in [2.24, 2.45) is 0 Å². The van der Waals surface area contributed by atoms with Gasteiger partial charge in [0.25, 0.3) is 0 Å². The second kappa shape index (κ2) is 6.53. The molecule has 1 atom stereocenters. The maximum absolute atomic E-state index is 11.2. The maximum atomic E-state index is 11.2. The van der Waals surface area contributed by atoms with E-state index in [9.17, 15) is 9.59 Å². The number of ether oxygens (including phenoxy) is 2. The minimum absolute atomic E-state index is 0.0293. The van der Waals surface area contributed by atoms with Crippen LogP contribution in [-0.2, 0) is 14.3 Å². The lowest BCUT2D eigenvalue weighted by molar-refractivity contribution is -0.141. The molecule has 0 fully saturated rings. The highest BCUT2D eigenvalue weighted by atomic mass is 16.5. The molecule has 7 nitrogen and oxygen atoms in total. The van der Waals surface area contributed by atoms with Crippen molar-refractivity contribution in [3.63, 3.8) is 0 Å². The number of rotatable bonds is 6. The van der Waals surface area contributed by atoms with E-state index in [1.165, 1.54) is 26.6 Å². The predicted octanol–water partition coefficient (Wildman–Crippen LogP) is 0.607. The van der Waals surface area contributed by atoms with Crippen molar-refractivity contribution in [2.45, 2.75) is 18.8 Å². The van der Waals surface area contributed by atoms with Gasteiger partial charge in [0.1, 0.15) is 0 Å². The number of methoxy groups -OCH3 is 2. The van der Waals surface area contributed by atoms with E-state index < -0.39 is 17.9 Å². The van der Waals surface area contributed by atoms with Gasteiger partial charge in [0.2, 0.25) is 0 Å². The largest absolute Gasteiger partial charge is 0.481 e. The van der Waals surface area contributed by atoms with Crippen LogP contribution in [0.3, 0.4) is 0 Å². The van der Waals surface area contributed by atoms with Crippen molar-refractivity contribution in [3.8, 4) is 6.01 Å². The lowest BCUT2D eigenvalue weighted by Crippen LogP contribution is -2.13. The van der Waals surface area contributed by atoms with E-state index in [0.717, 1.165) is 0 Å². The monoisotopic (exact) mass is 254 g/mol. The Morgan fingerprint density at radius 2 is 1.89 bits per heavy atom. The van der Waals surface area contributed by atoms with Gasteiger partial charge in [0.05, 0.1) is 27.1 Å². The van der Waals surface area contributed by atoms with Gasteiger partial charge >= 0.3 is 17.9 Å². The van der Waals surface area contributed by atoms with E-state index in [1.54, 1.807) is 0 Å². The normalized spacial score (nSPS) is 11.7. The van der Waals surface area contributed by atoms with Crippen LogP contribution in [0.4, 0.5) is 0 Å². The Labute approximate surface area is 104 Å². The lowest BCUT2D eigenvalue weighted by Gasteiger charge is -2.13. The molecule has 1 aromatic heterocycles. The van der Waals surface area contributed by atoms with Gasteiger partial charge in [-0.25, -0.2) is 9.97 Å². The topological polar surface area (TPSA) is 98.6 Å². The molecule has 0 radical (unpaired) electrons. The summed E-state index contributed by atoms with van der Waals surface area (Å²) >= 11 is 0. The Kier molecular flexibility index (Phi) is 5.04. The minimum atomic E-state index is -1.00. The van der Waals surface area contributed by atoms with Crippen molar-refractivity contribution >= 4 is 11.9 Å². The standard InChI is InChI=1S/C11H14N2O5/c1-17-10(16)4-7(3-9(14)15)8-5-12-11(18-2)13-6-8/h5-7H,3-4H2,1-2H3,(H,14,15)/t7-/m1/s1. The zero-order valence-electron chi connectivity index (χ0n) is 10.1. The van der Waals surface area contributed by atoms with E-state index in [1.807, 2.05) is 0 Å². The van der Waals surface area contributed by atoms with E-state index in [4.69, 9.17) is 9.84 Å². The predicted molar refractivity (Wildman–Crippen MR) is 60.2 cm³/mol. The summed E-state index contributed by atoms with van der Waals surface area (Å²) in [5, 5.41) is 8.81. The van der Waals surface area contributed by atoms with Crippen LogP contribution >= 0.6 is 0 Å². The third kappa shape index (κ3) is 4.00. The van der Waals surface area contributed by atoms with Gasteiger partial charge in [-0.1, -0.05) is 0 Å². The molecule has 0 spiro atoms. The van der Waals surface area contributed by atoms with Crippen molar-refractivity contribution in [1.29, 1.82) is 0 Å². The van der Waals surface area contributed by atoms with Gasteiger partial charge in [-0.15, -0.1) is 0 Å². The van der Waals surface area contributed by atoms with Gasteiger partial charge in [-0.2, -0.15) is 0 Å². The fourth-order valence-corrected chi connectivity index (χ4v) is 1.45. The molecule has 1 heterocycles. The molecule has 0 saturated heterocycles. The zero-order valence-corrected chi connectivity index (χ0v) is 10.1. The molecule has 1 aromatic rings. The highest BCUT2D eigenvalue weighted by Crippen LogP contribution is 2.23. The van der Waals surface area contributed by atoms with Gasteiger partial charge < -0.3 is 14.6 Å². The highest BCUT2D eigenvalue weighted by Gasteiger charge is 2.20. The molecule has 18 heavy (non-hydrogen) atoms. The van der Waals surface area contributed by atoms with Crippen LogP contribution in [0.2, 0.25) is 0 Å². The van der Waals surface area contributed by atoms with E-state index in [0.29, 0.717) is 5.56 Å². The third-order valence-corrected chi connectivity index (χ3v) is 2.36. The van der Waals surface area contributed by atoms with Gasteiger partial charge in [0.15, 0.2) is 0 Å². The summed E-state index contributed by atoms with van der Waals surface area (Å²) in [7, 11) is 2.68. The van der Waals surface area contributed by atoms with E-state index in [-0.39, 0.29) is 18.9 Å². The van der Waals surface area contributed by atoms with Crippen LogP contribution in [-0.4, -0.2) is 41.2 Å². The fourth-order valence-electron chi connectivity index (χ4n) is 1.45. The van der Waals surface area contributed by atoms with Gasteiger partial charge in [-0.05, 0) is 5.56 Å². The fraction of sp³-hybridized carbons (Fsp3) is 0.455. The number of hydrogen-bond acceptors (Lipinski definition) is 6. The summed E-state index contributed by atoms with van der Waals surface area (Å²) < 4.78 is 9.33. The SMILES string of the molecule is COC(=O)C[C@@H](CC(=O)O)c1cnc(OC)nc1. The molecule has 0 bridgehead atoms. The number of carbonyl (C=O) groups is 2. The number of nitrogens with zero attached hydrogens (tertiary/aromatic N) is 2. The van der Waals surface area contributed by atoms with Crippen LogP contribution in [0.15, 0.2) is 12.4 Å². The Bertz CT molecular complexity index is 418. The highest BCUT2D eigenvalue weighted by molar-refractivity contribution is 5.73. The Morgan fingerprint density at radius 3 is 2.33 bits per heavy atom. The average Bonchev–Trinajstić information content (AvgIpc) is 2.37. The molecule has 0 saturated carbocycles. The van der Waals surface area contributed by atoms with Crippen LogP contribution in [0.1, 0.15) is 24.3 Å². The van der Waals surface area contributed by atoms with Crippen molar-refractivity contribution < 1.29 is 24.2 Å². The molecular formula is C11H14N2O5. The number of carboxylic acid groups (broad SMARTS) is 1. The van der Waals surface area contributed by atoms with E-state index in [2.05, 4.69) is 14.7 Å². The first-order valence-corrected chi connectivity index (χ1v) is 5.21. The number of aromatic nitrogens is 2. The quantitative estimate of drug-likeness (QED) is 0.742. The number of esters is 1. The molecular weight excluding hydrogens is 240 g/mol. The first-order valence-electron chi connectivity index (χ1n) is 5.21. The zero-order chi connectivity index (χ0) is 13.5. The molecule has 0 amide bonds. The molecule has 0 aliphatic heterocycles. The van der Waals surface area contributed by atoms with Crippen LogP contribution in [0, 0.1) is 0 Å². The van der Waals surface area contributed by atoms with Crippen molar-refractivity contribution in [2.75, 3.05) is 14.2 Å². The number of hydrogen-bond donors (Lipinski definition) is 1. The smallest absolute Gasteiger partial charge is 0.316 e. The summed E-state index contributed by atoms with van der Waals surface area (Å²) in [5.41, 5.74) is 0.559. The van der Waals surface area contributed by atoms with Gasteiger partial charge in [0, 0.05) is 18.3 Å². The Morgan fingerprint density at radius 1 is 1.28 bits per heavy atom. The Balaban J connectivity index is 2.86. The van der Waals surface area contributed by atoms with Crippen LogP contribution in [0.5, 0.6) is 6.01 Å². The molecule has 1 N–H and O–H groups in total. The van der Waals surface area contributed by atoms with Crippen molar-refractivity contribution in [1.82, 2.24) is 9.97 Å². The second-order valence-electron chi connectivity index (χ2n) is 3.58. The summed E-state index contributed by atoms with van der Waals surface area (Å²) in [6.07, 6.45) is 2.67. The number of aliphatic carboxylic acids is 1. The summed E-state index contributed by atoms with van der Waals surface area (Å²) in [5.74, 6) is -1.99. The molecule has 98 valence electrons. The first-order chi connectivity index (χ1) is 8.56. The molecule has 0 unspecified atom stereocenters. The van der Waals surface area contributed by atoms with E-state index >= 15 is 0 Å². The molecule has 0 aliphatic rings. The summed E-state index contributed by atoms with van der Waals surface area (Å²) in [4.78, 5) is 29.7. The minimum Gasteiger partial charge on any atom is -0.481 e. The second-order valence-corrected chi connectivity index (χ2v) is 3.58. The average molecular weight is 254 g/mol. The molecule has 0 aromatic carbocycles. The molecule has 7 heteroatoms. The van der Waals surface area contributed by atoms with Crippen LogP contribution < -0.4 is 4.74 Å². The molecule has 1 rings (SSSR count). The Hall–Kier alpha value is -2.18. The van der Waals surface area contributed by atoms with Crippen LogP contribution in [0.25, 0.3) is 0 Å². The van der Waals surface area contributed by atoms with Gasteiger partial charge in [-0.3, -0.25) is 9.59 Å². The summed E-state index contributed by atoms with van der Waals surface area (Å²) in [6, 6.07) is 0.186. The third-order valence-electron chi connectivity index (χ3n) is 2.36. The lowest BCUT2D eigenvalue weighted by atomic mass is 9.95. The number of carbonyl (C=O) groups excluding carboxylic acids is 1.